The lowest BCUT2D eigenvalue weighted by Crippen LogP contribution is -2.39. The predicted octanol–water partition coefficient (Wildman–Crippen LogP) is 3.05. The number of likely N-dealkylation sites (tertiary alicyclic amines) is 1. The van der Waals surface area contributed by atoms with Crippen molar-refractivity contribution in [2.24, 2.45) is 5.92 Å². The molecule has 1 aromatic rings. The average molecular weight is 340 g/mol. The van der Waals surface area contributed by atoms with Crippen LogP contribution in [0, 0.1) is 5.92 Å². The number of benzene rings is 1. The maximum atomic E-state index is 11.5. The monoisotopic (exact) mass is 339 g/mol. The number of nitrogens with zero attached hydrogens (tertiary/aromatic N) is 1. The molecule has 1 aliphatic heterocycles. The lowest BCUT2D eigenvalue weighted by molar-refractivity contribution is -0.147. The number of hydrogen-bond acceptors (Lipinski definition) is 3. The van der Waals surface area contributed by atoms with E-state index in [9.17, 15) is 4.79 Å². The first-order chi connectivity index (χ1) is 9.74. The van der Waals surface area contributed by atoms with E-state index in [4.69, 9.17) is 4.74 Å². The second-order valence-corrected chi connectivity index (χ2v) is 6.01. The summed E-state index contributed by atoms with van der Waals surface area (Å²) in [5.74, 6) is 0.547. The molecule has 0 amide bonds. The van der Waals surface area contributed by atoms with Crippen molar-refractivity contribution in [1.82, 2.24) is 4.90 Å². The number of esters is 1. The Morgan fingerprint density at radius 1 is 1.35 bits per heavy atom. The third-order valence-corrected chi connectivity index (χ3v) is 4.84. The summed E-state index contributed by atoms with van der Waals surface area (Å²) in [4.78, 5) is 14.0. The number of halogens is 1. The van der Waals surface area contributed by atoms with Gasteiger partial charge in [0.2, 0.25) is 0 Å². The maximum Gasteiger partial charge on any atom is 0.308 e. The van der Waals surface area contributed by atoms with Crippen LogP contribution >= 0.6 is 15.9 Å². The minimum Gasteiger partial charge on any atom is -0.469 e. The fraction of sp³-hybridized carbons (Fsp3) is 0.562. The molecule has 0 N–H and O–H groups in total. The van der Waals surface area contributed by atoms with Gasteiger partial charge in [-0.3, -0.25) is 4.79 Å². The number of methoxy groups -OCH3 is 1. The molecule has 0 aromatic heterocycles. The Labute approximate surface area is 129 Å². The van der Waals surface area contributed by atoms with E-state index in [0.717, 1.165) is 37.8 Å². The van der Waals surface area contributed by atoms with Crippen LogP contribution in [-0.2, 0) is 9.53 Å². The van der Waals surface area contributed by atoms with Gasteiger partial charge in [0.25, 0.3) is 0 Å². The van der Waals surface area contributed by atoms with E-state index in [1.165, 1.54) is 12.7 Å². The predicted molar refractivity (Wildman–Crippen MR) is 84.2 cm³/mol. The molecule has 20 heavy (non-hydrogen) atoms. The smallest absolute Gasteiger partial charge is 0.308 e. The number of hydrogen-bond donors (Lipinski definition) is 0. The summed E-state index contributed by atoms with van der Waals surface area (Å²) in [6.07, 6.45) is 1.83. The van der Waals surface area contributed by atoms with E-state index in [-0.39, 0.29) is 11.9 Å². The van der Waals surface area contributed by atoms with Crippen LogP contribution in [0.15, 0.2) is 30.3 Å². The van der Waals surface area contributed by atoms with Crippen molar-refractivity contribution < 1.29 is 9.53 Å². The fourth-order valence-corrected chi connectivity index (χ4v) is 3.38. The topological polar surface area (TPSA) is 29.5 Å². The van der Waals surface area contributed by atoms with E-state index < -0.39 is 0 Å². The molecular weight excluding hydrogens is 318 g/mol. The van der Waals surface area contributed by atoms with E-state index in [1.54, 1.807) is 0 Å². The van der Waals surface area contributed by atoms with Crippen LogP contribution in [0.4, 0.5) is 0 Å². The molecule has 1 aromatic carbocycles. The minimum absolute atomic E-state index is 0.0512. The molecule has 0 aliphatic carbocycles. The molecule has 1 unspecified atom stereocenters. The van der Waals surface area contributed by atoms with E-state index in [0.29, 0.717) is 5.92 Å². The van der Waals surface area contributed by atoms with Crippen LogP contribution < -0.4 is 0 Å². The summed E-state index contributed by atoms with van der Waals surface area (Å²) >= 11 is 3.62. The largest absolute Gasteiger partial charge is 0.469 e. The molecular formula is C16H22BrNO2. The van der Waals surface area contributed by atoms with Crippen LogP contribution in [0.5, 0.6) is 0 Å². The lowest BCUT2D eigenvalue weighted by Gasteiger charge is -2.33. The van der Waals surface area contributed by atoms with Crippen molar-refractivity contribution in [3.05, 3.63) is 35.9 Å². The zero-order valence-electron chi connectivity index (χ0n) is 11.9. The first kappa shape index (κ1) is 15.5. The molecule has 2 rings (SSSR count). The van der Waals surface area contributed by atoms with Gasteiger partial charge in [0.15, 0.2) is 0 Å². The molecule has 0 saturated carbocycles. The Morgan fingerprint density at radius 2 is 2.00 bits per heavy atom. The molecule has 0 spiro atoms. The van der Waals surface area contributed by atoms with Gasteiger partial charge in [0, 0.05) is 17.8 Å². The van der Waals surface area contributed by atoms with Crippen molar-refractivity contribution in [2.75, 3.05) is 32.1 Å². The fourth-order valence-electron chi connectivity index (χ4n) is 2.80. The summed E-state index contributed by atoms with van der Waals surface area (Å²) < 4.78 is 4.83. The highest BCUT2D eigenvalue weighted by Crippen LogP contribution is 2.24. The SMILES string of the molecule is COC(=O)C1CCN(CC(CBr)c2ccccc2)CC1. The van der Waals surface area contributed by atoms with Crippen LogP contribution in [0.3, 0.4) is 0 Å². The molecule has 0 bridgehead atoms. The minimum atomic E-state index is -0.0512. The molecule has 1 atom stereocenters. The zero-order valence-corrected chi connectivity index (χ0v) is 13.5. The Balaban J connectivity index is 1.86. The lowest BCUT2D eigenvalue weighted by atomic mass is 9.95. The Bertz CT molecular complexity index is 416. The van der Waals surface area contributed by atoms with Crippen LogP contribution in [-0.4, -0.2) is 42.9 Å². The summed E-state index contributed by atoms with van der Waals surface area (Å²) in [6.45, 7) is 3.01. The normalized spacial score (nSPS) is 18.7. The van der Waals surface area contributed by atoms with Gasteiger partial charge in [-0.05, 0) is 31.5 Å². The molecule has 0 radical (unpaired) electrons. The van der Waals surface area contributed by atoms with Crippen LogP contribution in [0.2, 0.25) is 0 Å². The number of rotatable bonds is 5. The zero-order chi connectivity index (χ0) is 14.4. The van der Waals surface area contributed by atoms with Crippen molar-refractivity contribution in [3.8, 4) is 0 Å². The third-order valence-electron chi connectivity index (χ3n) is 4.06. The summed E-state index contributed by atoms with van der Waals surface area (Å²) in [7, 11) is 1.48. The first-order valence-electron chi connectivity index (χ1n) is 7.15. The summed E-state index contributed by atoms with van der Waals surface area (Å²) in [5.41, 5.74) is 1.37. The van der Waals surface area contributed by atoms with Crippen molar-refractivity contribution >= 4 is 21.9 Å². The second kappa shape index (κ2) is 7.79. The molecule has 1 saturated heterocycles. The highest BCUT2D eigenvalue weighted by Gasteiger charge is 2.26. The number of carbonyl (C=O) groups is 1. The Kier molecular flexibility index (Phi) is 6.05. The standard InChI is InChI=1S/C16H22BrNO2/c1-20-16(19)14-7-9-18(10-8-14)12-15(11-17)13-5-3-2-4-6-13/h2-6,14-15H,7-12H2,1H3. The van der Waals surface area contributed by atoms with Crippen LogP contribution in [0.25, 0.3) is 0 Å². The van der Waals surface area contributed by atoms with Gasteiger partial charge in [0.05, 0.1) is 13.0 Å². The van der Waals surface area contributed by atoms with Gasteiger partial charge in [-0.2, -0.15) is 0 Å². The number of ether oxygens (including phenoxy) is 1. The van der Waals surface area contributed by atoms with E-state index in [1.807, 2.05) is 0 Å². The molecule has 1 fully saturated rings. The van der Waals surface area contributed by atoms with Gasteiger partial charge in [0.1, 0.15) is 0 Å². The van der Waals surface area contributed by atoms with Gasteiger partial charge >= 0.3 is 5.97 Å². The van der Waals surface area contributed by atoms with Crippen molar-refractivity contribution in [3.63, 3.8) is 0 Å². The maximum absolute atomic E-state index is 11.5. The number of piperidine rings is 1. The van der Waals surface area contributed by atoms with Gasteiger partial charge in [-0.15, -0.1) is 0 Å². The van der Waals surface area contributed by atoms with Gasteiger partial charge < -0.3 is 9.64 Å². The number of alkyl halides is 1. The Hall–Kier alpha value is -0.870. The third kappa shape index (κ3) is 4.06. The van der Waals surface area contributed by atoms with E-state index in [2.05, 4.69) is 51.2 Å². The van der Waals surface area contributed by atoms with Gasteiger partial charge in [-0.1, -0.05) is 46.3 Å². The molecule has 1 aliphatic rings. The molecule has 4 heteroatoms. The highest BCUT2D eigenvalue weighted by atomic mass is 79.9. The first-order valence-corrected chi connectivity index (χ1v) is 8.27. The van der Waals surface area contributed by atoms with E-state index >= 15 is 0 Å². The Morgan fingerprint density at radius 3 is 2.55 bits per heavy atom. The molecule has 1 heterocycles. The highest BCUT2D eigenvalue weighted by molar-refractivity contribution is 9.09. The molecule has 3 nitrogen and oxygen atoms in total. The van der Waals surface area contributed by atoms with Crippen molar-refractivity contribution in [2.45, 2.75) is 18.8 Å². The average Bonchev–Trinajstić information content (AvgIpc) is 2.53. The van der Waals surface area contributed by atoms with Crippen molar-refractivity contribution in [1.29, 1.82) is 0 Å². The van der Waals surface area contributed by atoms with Crippen LogP contribution in [0.1, 0.15) is 24.3 Å². The summed E-state index contributed by atoms with van der Waals surface area (Å²) in [5, 5.41) is 0.966. The number of carbonyl (C=O) groups excluding carboxylic acids is 1. The van der Waals surface area contributed by atoms with Gasteiger partial charge in [-0.25, -0.2) is 0 Å². The quantitative estimate of drug-likeness (QED) is 0.610. The summed E-state index contributed by atoms with van der Waals surface area (Å²) in [6, 6.07) is 10.6. The molecule has 110 valence electrons. The second-order valence-electron chi connectivity index (χ2n) is 5.36.